The number of rotatable bonds is 5. The SMILES string of the molecule is COc1cc(C)c(CN2CCC[C@@H](n3cc(C(=O)N4CCOCC4)nn3)C2)cc1C. The second kappa shape index (κ2) is 9.14. The lowest BCUT2D eigenvalue weighted by Crippen LogP contribution is -2.40. The molecule has 0 unspecified atom stereocenters. The van der Waals surface area contributed by atoms with Crippen LogP contribution in [0.4, 0.5) is 0 Å². The molecule has 0 N–H and O–H groups in total. The number of benzene rings is 1. The van der Waals surface area contributed by atoms with Crippen LogP contribution in [-0.2, 0) is 11.3 Å². The lowest BCUT2D eigenvalue weighted by Gasteiger charge is -2.33. The fraction of sp³-hybridized carbons (Fsp3) is 0.591. The summed E-state index contributed by atoms with van der Waals surface area (Å²) in [6.07, 6.45) is 3.96. The van der Waals surface area contributed by atoms with Crippen LogP contribution in [0.25, 0.3) is 0 Å². The molecule has 0 aliphatic carbocycles. The molecule has 3 heterocycles. The number of ether oxygens (including phenoxy) is 2. The maximum atomic E-state index is 12.7. The molecule has 0 bridgehead atoms. The van der Waals surface area contributed by atoms with E-state index in [1.54, 1.807) is 12.0 Å². The number of morpholine rings is 1. The average molecular weight is 414 g/mol. The standard InChI is InChI=1S/C22H31N5O3/c1-16-12-21(29-3)17(2)11-18(16)13-25-6-4-5-19(14-25)27-15-20(23-24-27)22(28)26-7-9-30-10-8-26/h11-12,15,19H,4-10,13-14H2,1-3H3/t19-/m1/s1. The molecule has 8 heteroatoms. The lowest BCUT2D eigenvalue weighted by atomic mass is 10.0. The number of amides is 1. The third-order valence-corrected chi connectivity index (χ3v) is 6.13. The largest absolute Gasteiger partial charge is 0.496 e. The van der Waals surface area contributed by atoms with Crippen molar-refractivity contribution in [1.82, 2.24) is 24.8 Å². The summed E-state index contributed by atoms with van der Waals surface area (Å²) in [6, 6.07) is 4.58. The molecule has 2 aromatic rings. The first-order chi connectivity index (χ1) is 14.5. The molecule has 0 saturated carbocycles. The molecular weight excluding hydrogens is 382 g/mol. The number of methoxy groups -OCH3 is 1. The molecule has 30 heavy (non-hydrogen) atoms. The number of hydrogen-bond acceptors (Lipinski definition) is 6. The number of aromatic nitrogens is 3. The van der Waals surface area contributed by atoms with E-state index < -0.39 is 0 Å². The topological polar surface area (TPSA) is 72.7 Å². The molecule has 2 aliphatic rings. The monoisotopic (exact) mass is 413 g/mol. The third kappa shape index (κ3) is 4.49. The van der Waals surface area contributed by atoms with Crippen molar-refractivity contribution in [3.05, 3.63) is 40.7 Å². The van der Waals surface area contributed by atoms with E-state index in [2.05, 4.69) is 41.2 Å². The van der Waals surface area contributed by atoms with Crippen molar-refractivity contribution in [2.24, 2.45) is 0 Å². The molecular formula is C22H31N5O3. The average Bonchev–Trinajstić information content (AvgIpc) is 3.27. The number of carbonyl (C=O) groups is 1. The van der Waals surface area contributed by atoms with Gasteiger partial charge >= 0.3 is 0 Å². The van der Waals surface area contributed by atoms with Gasteiger partial charge in [-0.2, -0.15) is 0 Å². The van der Waals surface area contributed by atoms with Crippen LogP contribution in [0.15, 0.2) is 18.3 Å². The van der Waals surface area contributed by atoms with Crippen LogP contribution in [0.3, 0.4) is 0 Å². The van der Waals surface area contributed by atoms with Crippen molar-refractivity contribution in [1.29, 1.82) is 0 Å². The Morgan fingerprint density at radius 1 is 1.20 bits per heavy atom. The van der Waals surface area contributed by atoms with E-state index in [9.17, 15) is 4.79 Å². The molecule has 1 atom stereocenters. The zero-order valence-electron chi connectivity index (χ0n) is 18.1. The zero-order valence-corrected chi connectivity index (χ0v) is 18.1. The van der Waals surface area contributed by atoms with Crippen LogP contribution < -0.4 is 4.74 Å². The lowest BCUT2D eigenvalue weighted by molar-refractivity contribution is 0.0299. The van der Waals surface area contributed by atoms with Crippen molar-refractivity contribution < 1.29 is 14.3 Å². The second-order valence-electron chi connectivity index (χ2n) is 8.27. The Labute approximate surface area is 177 Å². The quantitative estimate of drug-likeness (QED) is 0.748. The van der Waals surface area contributed by atoms with Gasteiger partial charge in [-0.3, -0.25) is 9.69 Å². The summed E-state index contributed by atoms with van der Waals surface area (Å²) in [5.41, 5.74) is 4.17. The van der Waals surface area contributed by atoms with Gasteiger partial charge in [0, 0.05) is 26.2 Å². The summed E-state index contributed by atoms with van der Waals surface area (Å²) >= 11 is 0. The summed E-state index contributed by atoms with van der Waals surface area (Å²) in [7, 11) is 1.72. The highest BCUT2D eigenvalue weighted by Gasteiger charge is 2.26. The van der Waals surface area contributed by atoms with Gasteiger partial charge in [0.05, 0.1) is 32.6 Å². The highest BCUT2D eigenvalue weighted by Crippen LogP contribution is 2.26. The first kappa shape index (κ1) is 20.8. The zero-order chi connectivity index (χ0) is 21.1. The molecule has 8 nitrogen and oxygen atoms in total. The summed E-state index contributed by atoms with van der Waals surface area (Å²) in [5, 5.41) is 8.47. The highest BCUT2D eigenvalue weighted by molar-refractivity contribution is 5.92. The Hall–Kier alpha value is -2.45. The highest BCUT2D eigenvalue weighted by atomic mass is 16.5. The van der Waals surface area contributed by atoms with Crippen molar-refractivity contribution in [2.75, 3.05) is 46.5 Å². The molecule has 1 amide bonds. The van der Waals surface area contributed by atoms with Crippen LogP contribution in [-0.4, -0.2) is 77.2 Å². The van der Waals surface area contributed by atoms with Crippen molar-refractivity contribution in [3.63, 3.8) is 0 Å². The van der Waals surface area contributed by atoms with Gasteiger partial charge in [0.2, 0.25) is 0 Å². The Balaban J connectivity index is 1.41. The van der Waals surface area contributed by atoms with E-state index >= 15 is 0 Å². The number of likely N-dealkylation sites (tertiary alicyclic amines) is 1. The molecule has 0 spiro atoms. The fourth-order valence-electron chi connectivity index (χ4n) is 4.35. The summed E-state index contributed by atoms with van der Waals surface area (Å²) in [4.78, 5) is 16.9. The Bertz CT molecular complexity index is 891. The summed E-state index contributed by atoms with van der Waals surface area (Å²) in [5.74, 6) is 0.884. The van der Waals surface area contributed by atoms with Crippen LogP contribution in [0, 0.1) is 13.8 Å². The first-order valence-corrected chi connectivity index (χ1v) is 10.7. The van der Waals surface area contributed by atoms with Crippen molar-refractivity contribution in [3.8, 4) is 5.75 Å². The number of carbonyl (C=O) groups excluding carboxylic acids is 1. The van der Waals surface area contributed by atoms with Gasteiger partial charge in [-0.15, -0.1) is 5.10 Å². The van der Waals surface area contributed by atoms with Crippen LogP contribution in [0.2, 0.25) is 0 Å². The van der Waals surface area contributed by atoms with Crippen molar-refractivity contribution in [2.45, 2.75) is 39.3 Å². The van der Waals surface area contributed by atoms with Gasteiger partial charge in [-0.25, -0.2) is 4.68 Å². The molecule has 2 saturated heterocycles. The van der Waals surface area contributed by atoms with Gasteiger partial charge < -0.3 is 14.4 Å². The normalized spacial score (nSPS) is 20.4. The molecule has 1 aromatic heterocycles. The van der Waals surface area contributed by atoms with Gasteiger partial charge in [0.15, 0.2) is 5.69 Å². The molecule has 2 fully saturated rings. The van der Waals surface area contributed by atoms with E-state index in [-0.39, 0.29) is 11.9 Å². The number of nitrogens with zero attached hydrogens (tertiary/aromatic N) is 5. The third-order valence-electron chi connectivity index (χ3n) is 6.13. The minimum absolute atomic E-state index is 0.0541. The molecule has 4 rings (SSSR count). The van der Waals surface area contributed by atoms with Gasteiger partial charge in [0.1, 0.15) is 5.75 Å². The Morgan fingerprint density at radius 3 is 2.77 bits per heavy atom. The maximum absolute atomic E-state index is 12.7. The van der Waals surface area contributed by atoms with E-state index in [4.69, 9.17) is 9.47 Å². The maximum Gasteiger partial charge on any atom is 0.276 e. The number of piperidine rings is 1. The molecule has 162 valence electrons. The number of aryl methyl sites for hydroxylation is 2. The van der Waals surface area contributed by atoms with Gasteiger partial charge in [0.25, 0.3) is 5.91 Å². The predicted molar refractivity (Wildman–Crippen MR) is 113 cm³/mol. The molecule has 1 aromatic carbocycles. The smallest absolute Gasteiger partial charge is 0.276 e. The van der Waals surface area contributed by atoms with E-state index in [1.165, 1.54) is 11.1 Å². The van der Waals surface area contributed by atoms with Crippen LogP contribution in [0.5, 0.6) is 5.75 Å². The fourth-order valence-corrected chi connectivity index (χ4v) is 4.35. The van der Waals surface area contributed by atoms with Gasteiger partial charge in [-0.1, -0.05) is 11.3 Å². The second-order valence-corrected chi connectivity index (χ2v) is 8.27. The number of hydrogen-bond donors (Lipinski definition) is 0. The van der Waals surface area contributed by atoms with Crippen LogP contribution in [0.1, 0.15) is 46.1 Å². The minimum Gasteiger partial charge on any atom is -0.496 e. The minimum atomic E-state index is -0.0541. The van der Waals surface area contributed by atoms with E-state index in [0.717, 1.165) is 43.8 Å². The first-order valence-electron chi connectivity index (χ1n) is 10.7. The Morgan fingerprint density at radius 2 is 2.00 bits per heavy atom. The summed E-state index contributed by atoms with van der Waals surface area (Å²) < 4.78 is 12.6. The molecule has 2 aliphatic heterocycles. The van der Waals surface area contributed by atoms with Crippen LogP contribution >= 0.6 is 0 Å². The van der Waals surface area contributed by atoms with E-state index in [1.807, 2.05) is 10.9 Å². The Kier molecular flexibility index (Phi) is 6.34. The van der Waals surface area contributed by atoms with E-state index in [0.29, 0.717) is 32.0 Å². The molecule has 0 radical (unpaired) electrons. The predicted octanol–water partition coefficient (Wildman–Crippen LogP) is 2.21. The van der Waals surface area contributed by atoms with Gasteiger partial charge in [-0.05, 0) is 56.0 Å². The summed E-state index contributed by atoms with van der Waals surface area (Å²) in [6.45, 7) is 9.50. The van der Waals surface area contributed by atoms with Crippen molar-refractivity contribution >= 4 is 5.91 Å².